The normalized spacial score (nSPS) is 15.5. The average Bonchev–Trinajstić information content (AvgIpc) is 3.19. The van der Waals surface area contributed by atoms with Crippen LogP contribution in [0.15, 0.2) is 36.5 Å². The van der Waals surface area contributed by atoms with E-state index in [0.717, 1.165) is 73.9 Å². The van der Waals surface area contributed by atoms with Crippen LogP contribution >= 0.6 is 0 Å². The minimum Gasteiger partial charge on any atom is -0.370 e. The van der Waals surface area contributed by atoms with Crippen molar-refractivity contribution in [3.8, 4) is 11.4 Å². The van der Waals surface area contributed by atoms with E-state index in [1.165, 1.54) is 0 Å². The summed E-state index contributed by atoms with van der Waals surface area (Å²) in [5.74, 6) is 1.60. The van der Waals surface area contributed by atoms with Gasteiger partial charge in [0.1, 0.15) is 17.2 Å². The molecule has 8 heteroatoms. The first-order valence-electron chi connectivity index (χ1n) is 10.0. The lowest BCUT2D eigenvalue weighted by Crippen LogP contribution is -2.44. The molecule has 8 nitrogen and oxygen atoms in total. The van der Waals surface area contributed by atoms with Gasteiger partial charge in [-0.1, -0.05) is 6.07 Å². The van der Waals surface area contributed by atoms with Gasteiger partial charge in [-0.25, -0.2) is 9.97 Å². The number of carbonyl (C=O) groups is 1. The minimum atomic E-state index is 0.662. The van der Waals surface area contributed by atoms with Crippen molar-refractivity contribution in [2.45, 2.75) is 6.42 Å². The Morgan fingerprint density at radius 1 is 1.17 bits per heavy atom. The van der Waals surface area contributed by atoms with Gasteiger partial charge >= 0.3 is 0 Å². The highest BCUT2D eigenvalue weighted by Gasteiger charge is 2.13. The number of piperazine rings is 1. The molecule has 0 unspecified atom stereocenters. The number of aromatic nitrogens is 3. The number of aromatic amines is 1. The lowest BCUT2D eigenvalue weighted by molar-refractivity contribution is -0.105. The maximum Gasteiger partial charge on any atom is 0.211 e. The number of nitrogens with zero attached hydrogens (tertiary/aromatic N) is 4. The van der Waals surface area contributed by atoms with Crippen molar-refractivity contribution in [1.82, 2.24) is 24.8 Å². The highest BCUT2D eigenvalue weighted by molar-refractivity contribution is 5.94. The zero-order chi connectivity index (χ0) is 20.1. The molecule has 0 aliphatic carbocycles. The van der Waals surface area contributed by atoms with Crippen LogP contribution in [0.3, 0.4) is 0 Å². The minimum absolute atomic E-state index is 0.662. The number of imidazole rings is 1. The summed E-state index contributed by atoms with van der Waals surface area (Å²) in [5, 5.41) is 6.08. The van der Waals surface area contributed by atoms with Crippen molar-refractivity contribution >= 4 is 28.9 Å². The summed E-state index contributed by atoms with van der Waals surface area (Å²) >= 11 is 0. The molecule has 0 atom stereocenters. The quantitative estimate of drug-likeness (QED) is 0.402. The van der Waals surface area contributed by atoms with Crippen LogP contribution in [-0.2, 0) is 4.79 Å². The summed E-state index contributed by atoms with van der Waals surface area (Å²) in [6.45, 7) is 6.66. The Bertz CT molecular complexity index is 945. The molecule has 29 heavy (non-hydrogen) atoms. The number of amides is 1. The molecule has 0 saturated carbocycles. The molecular weight excluding hydrogens is 366 g/mol. The number of hydrogen-bond donors (Lipinski definition) is 3. The van der Waals surface area contributed by atoms with Crippen molar-refractivity contribution in [1.29, 1.82) is 0 Å². The van der Waals surface area contributed by atoms with E-state index in [1.807, 2.05) is 36.5 Å². The van der Waals surface area contributed by atoms with Gasteiger partial charge in [-0.3, -0.25) is 4.79 Å². The number of rotatable bonds is 8. The maximum atomic E-state index is 10.8. The van der Waals surface area contributed by atoms with Crippen molar-refractivity contribution < 1.29 is 4.79 Å². The molecule has 3 aromatic rings. The highest BCUT2D eigenvalue weighted by atomic mass is 16.1. The van der Waals surface area contributed by atoms with Gasteiger partial charge in [0, 0.05) is 44.5 Å². The lowest BCUT2D eigenvalue weighted by atomic mass is 10.2. The fraction of sp³-hybridized carbons (Fsp3) is 0.381. The fourth-order valence-electron chi connectivity index (χ4n) is 3.58. The molecule has 0 spiro atoms. The van der Waals surface area contributed by atoms with Crippen LogP contribution in [0.5, 0.6) is 0 Å². The second-order valence-corrected chi connectivity index (χ2v) is 7.41. The van der Waals surface area contributed by atoms with Crippen LogP contribution in [-0.4, -0.2) is 77.5 Å². The molecule has 0 radical (unpaired) electrons. The molecule has 1 aliphatic heterocycles. The standard InChI is InChI=1S/C21H27N7O/c1-27-10-12-28(13-11-27)9-3-8-22-19-7-6-16(14-23-19)21-25-18-5-2-4-17(24-15-29)20(18)26-21/h2,4-7,14-15H,3,8-13H2,1H3,(H,22,23)(H,24,29)(H,25,26). The smallest absolute Gasteiger partial charge is 0.211 e. The van der Waals surface area contributed by atoms with Gasteiger partial charge in [0.25, 0.3) is 0 Å². The third-order valence-electron chi connectivity index (χ3n) is 5.32. The van der Waals surface area contributed by atoms with Crippen LogP contribution in [0.25, 0.3) is 22.4 Å². The first-order valence-corrected chi connectivity index (χ1v) is 10.0. The Kier molecular flexibility index (Phi) is 6.02. The van der Waals surface area contributed by atoms with Gasteiger partial charge < -0.3 is 25.4 Å². The van der Waals surface area contributed by atoms with Crippen LogP contribution < -0.4 is 10.6 Å². The van der Waals surface area contributed by atoms with E-state index in [2.05, 4.69) is 42.4 Å². The number of benzene rings is 1. The SMILES string of the molecule is CN1CCN(CCCNc2ccc(-c3nc4c(NC=O)cccc4[nH]3)cn2)CC1. The average molecular weight is 393 g/mol. The zero-order valence-electron chi connectivity index (χ0n) is 16.7. The Balaban J connectivity index is 1.33. The van der Waals surface area contributed by atoms with E-state index < -0.39 is 0 Å². The van der Waals surface area contributed by atoms with Crippen molar-refractivity contribution in [2.24, 2.45) is 0 Å². The molecule has 1 aromatic carbocycles. The van der Waals surface area contributed by atoms with Gasteiger partial charge in [0.15, 0.2) is 0 Å². The topological polar surface area (TPSA) is 89.2 Å². The molecule has 0 bridgehead atoms. The monoisotopic (exact) mass is 393 g/mol. The number of nitrogens with one attached hydrogen (secondary N) is 3. The summed E-state index contributed by atoms with van der Waals surface area (Å²) in [7, 11) is 2.18. The number of para-hydroxylation sites is 1. The Labute approximate surface area is 170 Å². The zero-order valence-corrected chi connectivity index (χ0v) is 16.7. The van der Waals surface area contributed by atoms with Gasteiger partial charge in [-0.05, 0) is 44.3 Å². The van der Waals surface area contributed by atoms with E-state index in [-0.39, 0.29) is 0 Å². The van der Waals surface area contributed by atoms with Crippen LogP contribution in [0.1, 0.15) is 6.42 Å². The van der Waals surface area contributed by atoms with Crippen molar-refractivity contribution in [3.05, 3.63) is 36.5 Å². The molecule has 2 aromatic heterocycles. The Morgan fingerprint density at radius 3 is 2.79 bits per heavy atom. The molecular formula is C21H27N7O. The number of H-pyrrole nitrogens is 1. The molecule has 1 amide bonds. The second-order valence-electron chi connectivity index (χ2n) is 7.41. The first-order chi connectivity index (χ1) is 14.2. The van der Waals surface area contributed by atoms with E-state index in [9.17, 15) is 4.79 Å². The number of fused-ring (bicyclic) bond motifs is 1. The molecule has 1 saturated heterocycles. The van der Waals surface area contributed by atoms with E-state index in [4.69, 9.17) is 0 Å². The molecule has 1 fully saturated rings. The summed E-state index contributed by atoms with van der Waals surface area (Å²) < 4.78 is 0. The highest BCUT2D eigenvalue weighted by Crippen LogP contribution is 2.25. The number of hydrogen-bond acceptors (Lipinski definition) is 6. The van der Waals surface area contributed by atoms with Crippen LogP contribution in [0.2, 0.25) is 0 Å². The van der Waals surface area contributed by atoms with E-state index >= 15 is 0 Å². The largest absolute Gasteiger partial charge is 0.370 e. The Hall–Kier alpha value is -2.97. The van der Waals surface area contributed by atoms with Crippen LogP contribution in [0.4, 0.5) is 11.5 Å². The van der Waals surface area contributed by atoms with E-state index in [0.29, 0.717) is 12.1 Å². The number of likely N-dealkylation sites (N-methyl/N-ethyl adjacent to an activating group) is 1. The van der Waals surface area contributed by atoms with Gasteiger partial charge in [-0.2, -0.15) is 0 Å². The second kappa shape index (κ2) is 9.02. The summed E-state index contributed by atoms with van der Waals surface area (Å²) in [5.41, 5.74) is 3.20. The number of anilines is 2. The third kappa shape index (κ3) is 4.72. The molecule has 152 valence electrons. The molecule has 3 heterocycles. The number of carbonyl (C=O) groups excluding carboxylic acids is 1. The summed E-state index contributed by atoms with van der Waals surface area (Å²) in [4.78, 5) is 28.1. The van der Waals surface area contributed by atoms with Crippen molar-refractivity contribution in [2.75, 3.05) is 56.9 Å². The first kappa shape index (κ1) is 19.4. The fourth-order valence-corrected chi connectivity index (χ4v) is 3.58. The van der Waals surface area contributed by atoms with Gasteiger partial charge in [0.05, 0.1) is 11.2 Å². The molecule has 3 N–H and O–H groups in total. The van der Waals surface area contributed by atoms with E-state index in [1.54, 1.807) is 0 Å². The molecule has 1 aliphatic rings. The summed E-state index contributed by atoms with van der Waals surface area (Å²) in [6, 6.07) is 9.62. The number of pyridine rings is 1. The van der Waals surface area contributed by atoms with Gasteiger partial charge in [-0.15, -0.1) is 0 Å². The maximum absolute atomic E-state index is 10.8. The lowest BCUT2D eigenvalue weighted by Gasteiger charge is -2.32. The predicted octanol–water partition coefficient (Wildman–Crippen LogP) is 2.24. The van der Waals surface area contributed by atoms with Crippen molar-refractivity contribution in [3.63, 3.8) is 0 Å². The van der Waals surface area contributed by atoms with Crippen LogP contribution in [0, 0.1) is 0 Å². The predicted molar refractivity (Wildman–Crippen MR) is 116 cm³/mol. The molecule has 4 rings (SSSR count). The summed E-state index contributed by atoms with van der Waals surface area (Å²) in [6.07, 6.45) is 3.57. The van der Waals surface area contributed by atoms with Gasteiger partial charge in [0.2, 0.25) is 6.41 Å². The third-order valence-corrected chi connectivity index (χ3v) is 5.32. The Morgan fingerprint density at radius 2 is 2.03 bits per heavy atom.